The molecular weight excluding hydrogens is 439 g/mol. The van der Waals surface area contributed by atoms with Crippen molar-refractivity contribution in [2.24, 2.45) is 51.8 Å². The summed E-state index contributed by atoms with van der Waals surface area (Å²) in [4.78, 5) is 0. The van der Waals surface area contributed by atoms with Crippen molar-refractivity contribution in [1.82, 2.24) is 0 Å². The van der Waals surface area contributed by atoms with E-state index in [1.807, 2.05) is 0 Å². The van der Waals surface area contributed by atoms with E-state index in [2.05, 4.69) is 62.3 Å². The largest absolute Gasteiger partial charge is 0.334 e. The highest BCUT2D eigenvalue weighted by atomic mass is 31.2. The van der Waals surface area contributed by atoms with E-state index in [0.717, 1.165) is 17.8 Å². The Labute approximate surface area is 210 Å². The summed E-state index contributed by atoms with van der Waals surface area (Å²) < 4.78 is 21.9. The molecule has 6 fully saturated rings. The molecule has 9 unspecified atom stereocenters. The van der Waals surface area contributed by atoms with Crippen molar-refractivity contribution < 1.29 is 13.6 Å². The van der Waals surface area contributed by atoms with Gasteiger partial charge in [0.2, 0.25) is 0 Å². The first-order valence-electron chi connectivity index (χ1n) is 14.6. The zero-order valence-electron chi connectivity index (χ0n) is 23.5. The molecule has 0 bridgehead atoms. The highest BCUT2D eigenvalue weighted by molar-refractivity contribution is 7.41. The molecule has 0 N–H and O–H groups in total. The monoisotopic (exact) mass is 490 g/mol. The third-order valence-electron chi connectivity index (χ3n) is 12.8. The predicted molar refractivity (Wildman–Crippen MR) is 139 cm³/mol. The van der Waals surface area contributed by atoms with Crippen molar-refractivity contribution in [3.05, 3.63) is 0 Å². The zero-order valence-corrected chi connectivity index (χ0v) is 24.4. The molecule has 194 valence electrons. The van der Waals surface area contributed by atoms with Crippen molar-refractivity contribution in [3.63, 3.8) is 0 Å². The summed E-state index contributed by atoms with van der Waals surface area (Å²) in [5, 5.41) is 0. The highest BCUT2D eigenvalue weighted by Gasteiger charge is 2.79. The molecule has 6 saturated carbocycles. The zero-order chi connectivity index (χ0) is 24.5. The van der Waals surface area contributed by atoms with E-state index in [9.17, 15) is 0 Å². The minimum Gasteiger partial charge on any atom is -0.305 e. The average Bonchev–Trinajstić information content (AvgIpc) is 3.53. The Bertz CT molecular complexity index is 743. The van der Waals surface area contributed by atoms with Crippen molar-refractivity contribution in [2.75, 3.05) is 0 Å². The van der Waals surface area contributed by atoms with Crippen molar-refractivity contribution >= 4 is 8.60 Å². The van der Waals surface area contributed by atoms with Gasteiger partial charge in [0.1, 0.15) is 0 Å². The molecule has 9 atom stereocenters. The Hall–Kier alpha value is 0.310. The van der Waals surface area contributed by atoms with Crippen LogP contribution in [0.15, 0.2) is 0 Å². The maximum atomic E-state index is 7.31. The van der Waals surface area contributed by atoms with Crippen LogP contribution in [-0.2, 0) is 13.6 Å². The number of fused-ring (bicyclic) bond motifs is 3. The van der Waals surface area contributed by atoms with Gasteiger partial charge in [0.25, 0.3) is 0 Å². The van der Waals surface area contributed by atoms with Crippen LogP contribution >= 0.6 is 8.60 Å². The molecule has 0 heterocycles. The molecule has 6 aliphatic rings. The van der Waals surface area contributed by atoms with Gasteiger partial charge in [-0.3, -0.25) is 0 Å². The first-order valence-corrected chi connectivity index (χ1v) is 15.7. The van der Waals surface area contributed by atoms with E-state index >= 15 is 0 Å². The van der Waals surface area contributed by atoms with Gasteiger partial charge in [-0.1, -0.05) is 81.6 Å². The van der Waals surface area contributed by atoms with Gasteiger partial charge in [0, 0.05) is 16.2 Å². The van der Waals surface area contributed by atoms with Crippen LogP contribution in [0.4, 0.5) is 0 Å². The number of hydrogen-bond acceptors (Lipinski definition) is 3. The van der Waals surface area contributed by atoms with Crippen LogP contribution in [0.5, 0.6) is 0 Å². The second-order valence-corrected chi connectivity index (χ2v) is 16.6. The molecule has 6 rings (SSSR count). The Morgan fingerprint density at radius 3 is 1.00 bits per heavy atom. The molecule has 0 saturated heterocycles. The summed E-state index contributed by atoms with van der Waals surface area (Å²) in [6, 6.07) is 0. The van der Waals surface area contributed by atoms with Gasteiger partial charge in [0.05, 0.1) is 16.8 Å². The van der Waals surface area contributed by atoms with Crippen molar-refractivity contribution in [2.45, 2.75) is 137 Å². The Morgan fingerprint density at radius 1 is 0.471 bits per heavy atom. The first-order chi connectivity index (χ1) is 15.7. The summed E-state index contributed by atoms with van der Waals surface area (Å²) in [5.74, 6) is 4.16. The third kappa shape index (κ3) is 3.03. The second kappa shape index (κ2) is 7.24. The molecule has 0 amide bonds. The highest BCUT2D eigenvalue weighted by Crippen LogP contribution is 2.81. The van der Waals surface area contributed by atoms with Gasteiger partial charge in [0.15, 0.2) is 0 Å². The molecule has 4 heteroatoms. The average molecular weight is 491 g/mol. The van der Waals surface area contributed by atoms with Crippen LogP contribution in [-0.4, -0.2) is 16.8 Å². The smallest absolute Gasteiger partial charge is 0.305 e. The summed E-state index contributed by atoms with van der Waals surface area (Å²) >= 11 is 0. The Morgan fingerprint density at radius 2 is 0.735 bits per heavy atom. The van der Waals surface area contributed by atoms with Gasteiger partial charge in [-0.25, -0.2) is 0 Å². The van der Waals surface area contributed by atoms with E-state index < -0.39 is 8.60 Å². The minimum absolute atomic E-state index is 0.0483. The molecule has 0 spiro atoms. The molecule has 0 aromatic rings. The van der Waals surface area contributed by atoms with Gasteiger partial charge in [-0.2, -0.15) is 0 Å². The Kier molecular flexibility index (Phi) is 5.24. The lowest BCUT2D eigenvalue weighted by molar-refractivity contribution is -0.0236. The summed E-state index contributed by atoms with van der Waals surface area (Å²) in [6.07, 6.45) is 11.4. The van der Waals surface area contributed by atoms with E-state index in [1.54, 1.807) is 0 Å². The number of rotatable bonds is 6. The van der Waals surface area contributed by atoms with E-state index in [1.165, 1.54) is 57.8 Å². The SMILES string of the molecule is CC1CCC2C(C)(C)C2(OP(OC23CC(C)CCC2C3(C)C)OC23CC(C)CCC2C3(C)C)C1. The predicted octanol–water partition coefficient (Wildman–Crippen LogP) is 8.91. The van der Waals surface area contributed by atoms with Gasteiger partial charge >= 0.3 is 8.60 Å². The fraction of sp³-hybridized carbons (Fsp3) is 1.00. The lowest BCUT2D eigenvalue weighted by atomic mass is 9.88. The van der Waals surface area contributed by atoms with Crippen LogP contribution < -0.4 is 0 Å². The molecule has 0 aromatic heterocycles. The third-order valence-corrected chi connectivity index (χ3v) is 14.3. The summed E-state index contributed by atoms with van der Waals surface area (Å²) in [5.41, 5.74) is 0.555. The maximum Gasteiger partial charge on any atom is 0.334 e. The van der Waals surface area contributed by atoms with Crippen molar-refractivity contribution in [3.8, 4) is 0 Å². The fourth-order valence-electron chi connectivity index (χ4n) is 10.1. The summed E-state index contributed by atoms with van der Waals surface area (Å²) in [6.45, 7) is 21.9. The van der Waals surface area contributed by atoms with E-state index in [-0.39, 0.29) is 33.0 Å². The molecule has 0 aromatic carbocycles. The molecule has 34 heavy (non-hydrogen) atoms. The molecule has 0 aliphatic heterocycles. The summed E-state index contributed by atoms with van der Waals surface area (Å²) in [7, 11) is -1.38. The first kappa shape index (κ1) is 24.6. The lowest BCUT2D eigenvalue weighted by Gasteiger charge is -2.38. The van der Waals surface area contributed by atoms with E-state index in [0.29, 0.717) is 17.8 Å². The van der Waals surface area contributed by atoms with Gasteiger partial charge in [-0.15, -0.1) is 0 Å². The van der Waals surface area contributed by atoms with Crippen molar-refractivity contribution in [1.29, 1.82) is 0 Å². The van der Waals surface area contributed by atoms with Crippen LogP contribution in [0.1, 0.15) is 120 Å². The lowest BCUT2D eigenvalue weighted by Crippen LogP contribution is -2.33. The van der Waals surface area contributed by atoms with Crippen LogP contribution in [0.3, 0.4) is 0 Å². The molecule has 0 radical (unpaired) electrons. The number of hydrogen-bond donors (Lipinski definition) is 0. The molecular formula is C30H51O3P. The van der Waals surface area contributed by atoms with Gasteiger partial charge in [-0.05, 0) is 74.0 Å². The van der Waals surface area contributed by atoms with E-state index in [4.69, 9.17) is 13.6 Å². The molecule has 6 aliphatic carbocycles. The van der Waals surface area contributed by atoms with Crippen LogP contribution in [0, 0.1) is 51.8 Å². The standard InChI is InChI=1S/C30H51O3P/c1-19-10-13-22-25(4,5)28(22,16-19)31-34(32-29-17-20(2)11-14-23(29)26(29,6)7)33-30-18-21(3)12-15-24(30)27(30,8)9/h19-24H,10-18H2,1-9H3. The second-order valence-electron chi connectivity index (χ2n) is 15.6. The quantitative estimate of drug-likeness (QED) is 0.348. The van der Waals surface area contributed by atoms with Crippen LogP contribution in [0.25, 0.3) is 0 Å². The van der Waals surface area contributed by atoms with Gasteiger partial charge < -0.3 is 13.6 Å². The molecule has 3 nitrogen and oxygen atoms in total. The topological polar surface area (TPSA) is 27.7 Å². The maximum absolute atomic E-state index is 7.31. The van der Waals surface area contributed by atoms with Crippen LogP contribution in [0.2, 0.25) is 0 Å². The minimum atomic E-state index is -1.38. The normalized spacial score (nSPS) is 54.3. The fourth-order valence-corrected chi connectivity index (χ4v) is 12.3. The Balaban J connectivity index is 1.31.